The highest BCUT2D eigenvalue weighted by Crippen LogP contribution is 2.27. The van der Waals surface area contributed by atoms with Crippen LogP contribution in [0.25, 0.3) is 0 Å². The van der Waals surface area contributed by atoms with E-state index in [-0.39, 0.29) is 12.1 Å². The Morgan fingerprint density at radius 3 is 2.57 bits per heavy atom. The second-order valence-corrected chi connectivity index (χ2v) is 4.55. The maximum Gasteiger partial charge on any atom is 0.0459 e. The summed E-state index contributed by atoms with van der Waals surface area (Å²) in [6.45, 7) is 2.02. The van der Waals surface area contributed by atoms with Crippen LogP contribution >= 0.6 is 27.5 Å². The van der Waals surface area contributed by atoms with E-state index in [1.54, 1.807) is 0 Å². The van der Waals surface area contributed by atoms with Gasteiger partial charge in [0.25, 0.3) is 0 Å². The largest absolute Gasteiger partial charge is 0.326 e. The van der Waals surface area contributed by atoms with Gasteiger partial charge < -0.3 is 11.5 Å². The zero-order chi connectivity index (χ0) is 10.7. The molecule has 1 aromatic carbocycles. The SMILES string of the molecule is CC[C@H](N)[C@@H](N)c1ccc(Cl)cc1Br. The van der Waals surface area contributed by atoms with E-state index >= 15 is 0 Å². The summed E-state index contributed by atoms with van der Waals surface area (Å²) in [6.07, 6.45) is 0.857. The first kappa shape index (κ1) is 12.0. The average molecular weight is 278 g/mol. The molecule has 0 spiro atoms. The smallest absolute Gasteiger partial charge is 0.0459 e. The molecule has 4 heteroatoms. The Morgan fingerprint density at radius 2 is 2.07 bits per heavy atom. The number of rotatable bonds is 3. The number of halogens is 2. The Hall–Kier alpha value is -0.0900. The molecule has 0 bridgehead atoms. The number of benzene rings is 1. The molecule has 1 aromatic rings. The van der Waals surface area contributed by atoms with Gasteiger partial charge in [-0.2, -0.15) is 0 Å². The molecule has 78 valence electrons. The van der Waals surface area contributed by atoms with Crippen molar-refractivity contribution in [2.75, 3.05) is 0 Å². The summed E-state index contributed by atoms with van der Waals surface area (Å²) in [6, 6.07) is 5.40. The van der Waals surface area contributed by atoms with E-state index in [9.17, 15) is 0 Å². The van der Waals surface area contributed by atoms with E-state index in [4.69, 9.17) is 23.1 Å². The van der Waals surface area contributed by atoms with Crippen molar-refractivity contribution in [1.82, 2.24) is 0 Å². The van der Waals surface area contributed by atoms with Crippen LogP contribution in [0, 0.1) is 0 Å². The molecule has 0 fully saturated rings. The number of nitrogens with two attached hydrogens (primary N) is 2. The molecule has 0 aliphatic rings. The molecule has 2 nitrogen and oxygen atoms in total. The van der Waals surface area contributed by atoms with Crippen LogP contribution in [0.5, 0.6) is 0 Å². The van der Waals surface area contributed by atoms with Crippen molar-refractivity contribution in [3.63, 3.8) is 0 Å². The van der Waals surface area contributed by atoms with Gasteiger partial charge >= 0.3 is 0 Å². The predicted molar refractivity (Wildman–Crippen MR) is 64.3 cm³/mol. The molecule has 2 atom stereocenters. The van der Waals surface area contributed by atoms with E-state index < -0.39 is 0 Å². The fraction of sp³-hybridized carbons (Fsp3) is 0.400. The molecule has 0 saturated carbocycles. The van der Waals surface area contributed by atoms with E-state index in [1.807, 2.05) is 25.1 Å². The molecular formula is C10H14BrClN2. The standard InChI is InChI=1S/C10H14BrClN2/c1-2-9(13)10(14)7-4-3-6(12)5-8(7)11/h3-5,9-10H,2,13-14H2,1H3/t9-,10-/m0/s1. The Bertz CT molecular complexity index is 317. The highest BCUT2D eigenvalue weighted by atomic mass is 79.9. The lowest BCUT2D eigenvalue weighted by Gasteiger charge is -2.19. The Morgan fingerprint density at radius 1 is 1.43 bits per heavy atom. The van der Waals surface area contributed by atoms with Gasteiger partial charge in [0.15, 0.2) is 0 Å². The molecule has 0 saturated heterocycles. The van der Waals surface area contributed by atoms with E-state index in [0.717, 1.165) is 16.5 Å². The van der Waals surface area contributed by atoms with Crippen molar-refractivity contribution in [2.45, 2.75) is 25.4 Å². The fourth-order valence-electron chi connectivity index (χ4n) is 1.26. The second-order valence-electron chi connectivity index (χ2n) is 3.26. The molecule has 14 heavy (non-hydrogen) atoms. The summed E-state index contributed by atoms with van der Waals surface area (Å²) in [5.74, 6) is 0. The topological polar surface area (TPSA) is 52.0 Å². The van der Waals surface area contributed by atoms with Crippen LogP contribution in [0.3, 0.4) is 0 Å². The summed E-state index contributed by atoms with van der Waals surface area (Å²) >= 11 is 9.26. The van der Waals surface area contributed by atoms with Crippen molar-refractivity contribution < 1.29 is 0 Å². The third-order valence-corrected chi connectivity index (χ3v) is 3.18. The monoisotopic (exact) mass is 276 g/mol. The van der Waals surface area contributed by atoms with Gasteiger partial charge in [-0.15, -0.1) is 0 Å². The van der Waals surface area contributed by atoms with Crippen LogP contribution in [-0.2, 0) is 0 Å². The zero-order valence-electron chi connectivity index (χ0n) is 8.00. The fourth-order valence-corrected chi connectivity index (χ4v) is 2.20. The van der Waals surface area contributed by atoms with Gasteiger partial charge in [0.05, 0.1) is 0 Å². The summed E-state index contributed by atoms with van der Waals surface area (Å²) < 4.78 is 0.918. The molecule has 0 unspecified atom stereocenters. The molecule has 0 heterocycles. The van der Waals surface area contributed by atoms with Crippen molar-refractivity contribution in [3.8, 4) is 0 Å². The summed E-state index contributed by atoms with van der Waals surface area (Å²) in [5, 5.41) is 0.692. The first-order chi connectivity index (χ1) is 6.56. The average Bonchev–Trinajstić information content (AvgIpc) is 2.15. The number of hydrogen-bond acceptors (Lipinski definition) is 2. The van der Waals surface area contributed by atoms with Crippen LogP contribution in [0.15, 0.2) is 22.7 Å². The summed E-state index contributed by atoms with van der Waals surface area (Å²) in [7, 11) is 0. The van der Waals surface area contributed by atoms with Gasteiger partial charge in [-0.25, -0.2) is 0 Å². The quantitative estimate of drug-likeness (QED) is 0.892. The summed E-state index contributed by atoms with van der Waals surface area (Å²) in [4.78, 5) is 0. The van der Waals surface area contributed by atoms with Crippen LogP contribution < -0.4 is 11.5 Å². The Labute approximate surface area is 97.7 Å². The molecule has 0 aliphatic heterocycles. The first-order valence-corrected chi connectivity index (χ1v) is 5.69. The highest BCUT2D eigenvalue weighted by Gasteiger charge is 2.15. The first-order valence-electron chi connectivity index (χ1n) is 4.52. The minimum absolute atomic E-state index is 0.0209. The third kappa shape index (κ3) is 2.70. The lowest BCUT2D eigenvalue weighted by atomic mass is 9.99. The minimum atomic E-state index is -0.147. The van der Waals surface area contributed by atoms with Crippen molar-refractivity contribution in [2.24, 2.45) is 11.5 Å². The van der Waals surface area contributed by atoms with Crippen molar-refractivity contribution in [3.05, 3.63) is 33.3 Å². The highest BCUT2D eigenvalue weighted by molar-refractivity contribution is 9.10. The van der Waals surface area contributed by atoms with Gasteiger partial charge in [0.2, 0.25) is 0 Å². The second kappa shape index (κ2) is 5.12. The predicted octanol–water partition coefficient (Wildman–Crippen LogP) is 2.84. The molecule has 0 aromatic heterocycles. The molecule has 0 amide bonds. The lowest BCUT2D eigenvalue weighted by Crippen LogP contribution is -2.33. The normalized spacial score (nSPS) is 15.2. The maximum atomic E-state index is 6.00. The van der Waals surface area contributed by atoms with Gasteiger partial charge in [-0.3, -0.25) is 0 Å². The lowest BCUT2D eigenvalue weighted by molar-refractivity contribution is 0.531. The van der Waals surface area contributed by atoms with Crippen LogP contribution in [-0.4, -0.2) is 6.04 Å². The van der Waals surface area contributed by atoms with Gasteiger partial charge in [-0.1, -0.05) is 40.5 Å². The molecule has 0 radical (unpaired) electrons. The van der Waals surface area contributed by atoms with E-state index in [0.29, 0.717) is 5.02 Å². The minimum Gasteiger partial charge on any atom is -0.326 e. The zero-order valence-corrected chi connectivity index (χ0v) is 10.3. The Kier molecular flexibility index (Phi) is 4.38. The van der Waals surface area contributed by atoms with Gasteiger partial charge in [0.1, 0.15) is 0 Å². The maximum absolute atomic E-state index is 6.00. The van der Waals surface area contributed by atoms with E-state index in [2.05, 4.69) is 15.9 Å². The third-order valence-electron chi connectivity index (χ3n) is 2.25. The van der Waals surface area contributed by atoms with Crippen LogP contribution in [0.4, 0.5) is 0 Å². The summed E-state index contributed by atoms with van der Waals surface area (Å²) in [5.41, 5.74) is 12.9. The molecular weight excluding hydrogens is 263 g/mol. The van der Waals surface area contributed by atoms with Crippen molar-refractivity contribution >= 4 is 27.5 Å². The number of hydrogen-bond donors (Lipinski definition) is 2. The van der Waals surface area contributed by atoms with Crippen molar-refractivity contribution in [1.29, 1.82) is 0 Å². The van der Waals surface area contributed by atoms with Gasteiger partial charge in [0, 0.05) is 21.6 Å². The Balaban J connectivity index is 2.95. The van der Waals surface area contributed by atoms with Gasteiger partial charge in [-0.05, 0) is 24.1 Å². The molecule has 0 aliphatic carbocycles. The van der Waals surface area contributed by atoms with Crippen LogP contribution in [0.2, 0.25) is 5.02 Å². The van der Waals surface area contributed by atoms with Crippen LogP contribution in [0.1, 0.15) is 24.9 Å². The molecule has 1 rings (SSSR count). The van der Waals surface area contributed by atoms with E-state index in [1.165, 1.54) is 0 Å². The molecule has 4 N–H and O–H groups in total.